The SMILES string of the molecule is CCN(Cc1ccc(OC)c(OC)c1)C(=O)c1cc(OC)c(Br)c(OC)c1. The first kappa shape index (κ1) is 20.9. The highest BCUT2D eigenvalue weighted by Gasteiger charge is 2.19. The summed E-state index contributed by atoms with van der Waals surface area (Å²) in [6.07, 6.45) is 0. The van der Waals surface area contributed by atoms with Gasteiger partial charge in [-0.2, -0.15) is 0 Å². The Morgan fingerprint density at radius 3 is 1.93 bits per heavy atom. The molecule has 0 aliphatic rings. The minimum atomic E-state index is -0.114. The van der Waals surface area contributed by atoms with Crippen molar-refractivity contribution in [1.29, 1.82) is 0 Å². The second kappa shape index (κ2) is 9.50. The molecule has 0 aromatic heterocycles. The lowest BCUT2D eigenvalue weighted by Crippen LogP contribution is -2.30. The fourth-order valence-corrected chi connectivity index (χ4v) is 3.25. The Labute approximate surface area is 168 Å². The van der Waals surface area contributed by atoms with Crippen molar-refractivity contribution in [2.45, 2.75) is 13.5 Å². The molecule has 6 nitrogen and oxygen atoms in total. The van der Waals surface area contributed by atoms with Crippen molar-refractivity contribution in [1.82, 2.24) is 4.90 Å². The Morgan fingerprint density at radius 1 is 0.889 bits per heavy atom. The summed E-state index contributed by atoms with van der Waals surface area (Å²) in [5.41, 5.74) is 1.44. The van der Waals surface area contributed by atoms with E-state index in [0.717, 1.165) is 5.56 Å². The van der Waals surface area contributed by atoms with Gasteiger partial charge >= 0.3 is 0 Å². The van der Waals surface area contributed by atoms with E-state index in [1.54, 1.807) is 45.5 Å². The third-order valence-electron chi connectivity index (χ3n) is 4.18. The van der Waals surface area contributed by atoms with Gasteiger partial charge in [-0.1, -0.05) is 6.07 Å². The van der Waals surface area contributed by atoms with Gasteiger partial charge in [0, 0.05) is 18.7 Å². The van der Waals surface area contributed by atoms with Gasteiger partial charge in [0.1, 0.15) is 16.0 Å². The lowest BCUT2D eigenvalue weighted by atomic mass is 10.1. The van der Waals surface area contributed by atoms with Crippen LogP contribution < -0.4 is 18.9 Å². The van der Waals surface area contributed by atoms with E-state index in [0.29, 0.717) is 46.1 Å². The molecule has 0 bridgehead atoms. The van der Waals surface area contributed by atoms with E-state index >= 15 is 0 Å². The van der Waals surface area contributed by atoms with Gasteiger partial charge in [-0.15, -0.1) is 0 Å². The molecule has 146 valence electrons. The van der Waals surface area contributed by atoms with E-state index in [9.17, 15) is 4.79 Å². The highest BCUT2D eigenvalue weighted by Crippen LogP contribution is 2.36. The number of hydrogen-bond donors (Lipinski definition) is 0. The van der Waals surface area contributed by atoms with Crippen LogP contribution in [0.2, 0.25) is 0 Å². The van der Waals surface area contributed by atoms with Crippen molar-refractivity contribution in [2.24, 2.45) is 0 Å². The first-order valence-electron chi connectivity index (χ1n) is 8.40. The predicted octanol–water partition coefficient (Wildman–Crippen LogP) is 4.15. The average Bonchev–Trinajstić information content (AvgIpc) is 2.71. The van der Waals surface area contributed by atoms with Crippen molar-refractivity contribution >= 4 is 21.8 Å². The van der Waals surface area contributed by atoms with E-state index in [2.05, 4.69) is 15.9 Å². The molecular weight excluding hydrogens is 414 g/mol. The number of halogens is 1. The fourth-order valence-electron chi connectivity index (χ4n) is 2.70. The van der Waals surface area contributed by atoms with Gasteiger partial charge in [0.25, 0.3) is 5.91 Å². The number of benzene rings is 2. The molecule has 1 amide bonds. The number of rotatable bonds is 8. The zero-order chi connectivity index (χ0) is 20.0. The van der Waals surface area contributed by atoms with Gasteiger partial charge in [0.05, 0.1) is 28.4 Å². The average molecular weight is 438 g/mol. The van der Waals surface area contributed by atoms with Crippen LogP contribution in [0, 0.1) is 0 Å². The molecule has 2 rings (SSSR count). The third-order valence-corrected chi connectivity index (χ3v) is 4.96. The summed E-state index contributed by atoms with van der Waals surface area (Å²) < 4.78 is 22.0. The first-order chi connectivity index (χ1) is 13.0. The molecular formula is C20H24BrNO5. The van der Waals surface area contributed by atoms with Crippen LogP contribution in [-0.4, -0.2) is 45.8 Å². The summed E-state index contributed by atoms with van der Waals surface area (Å²) in [5.74, 6) is 2.25. The molecule has 0 fully saturated rings. The van der Waals surface area contributed by atoms with Crippen molar-refractivity contribution in [3.05, 3.63) is 45.9 Å². The molecule has 0 aliphatic carbocycles. The number of carbonyl (C=O) groups excluding carboxylic acids is 1. The van der Waals surface area contributed by atoms with Crippen LogP contribution in [0.15, 0.2) is 34.8 Å². The minimum Gasteiger partial charge on any atom is -0.495 e. The zero-order valence-electron chi connectivity index (χ0n) is 16.2. The molecule has 0 atom stereocenters. The maximum Gasteiger partial charge on any atom is 0.254 e. The number of methoxy groups -OCH3 is 4. The number of carbonyl (C=O) groups is 1. The molecule has 0 unspecified atom stereocenters. The largest absolute Gasteiger partial charge is 0.495 e. The summed E-state index contributed by atoms with van der Waals surface area (Å²) in [5, 5.41) is 0. The maximum absolute atomic E-state index is 13.0. The minimum absolute atomic E-state index is 0.114. The molecule has 27 heavy (non-hydrogen) atoms. The molecule has 0 saturated heterocycles. The molecule has 0 aliphatic heterocycles. The molecule has 2 aromatic carbocycles. The van der Waals surface area contributed by atoms with Crippen LogP contribution in [0.4, 0.5) is 0 Å². The maximum atomic E-state index is 13.0. The smallest absolute Gasteiger partial charge is 0.254 e. The highest BCUT2D eigenvalue weighted by molar-refractivity contribution is 9.10. The lowest BCUT2D eigenvalue weighted by Gasteiger charge is -2.22. The van der Waals surface area contributed by atoms with E-state index in [4.69, 9.17) is 18.9 Å². The van der Waals surface area contributed by atoms with Crippen molar-refractivity contribution in [2.75, 3.05) is 35.0 Å². The molecule has 2 aromatic rings. The predicted molar refractivity (Wildman–Crippen MR) is 107 cm³/mol. The summed E-state index contributed by atoms with van der Waals surface area (Å²) >= 11 is 3.42. The van der Waals surface area contributed by atoms with Gasteiger partial charge in [-0.25, -0.2) is 0 Å². The normalized spacial score (nSPS) is 10.3. The number of nitrogens with zero attached hydrogens (tertiary/aromatic N) is 1. The second-order valence-corrected chi connectivity index (χ2v) is 6.50. The van der Waals surface area contributed by atoms with Crippen molar-refractivity contribution in [3.63, 3.8) is 0 Å². The molecule has 0 radical (unpaired) electrons. The van der Waals surface area contributed by atoms with Crippen LogP contribution in [0.1, 0.15) is 22.8 Å². The topological polar surface area (TPSA) is 57.2 Å². The highest BCUT2D eigenvalue weighted by atomic mass is 79.9. The van der Waals surface area contributed by atoms with Crippen LogP contribution in [0.25, 0.3) is 0 Å². The summed E-state index contributed by atoms with van der Waals surface area (Å²) in [6.45, 7) is 2.93. The Balaban J connectivity index is 2.31. The molecule has 0 N–H and O–H groups in total. The van der Waals surface area contributed by atoms with Crippen molar-refractivity contribution < 1.29 is 23.7 Å². The molecule has 0 saturated carbocycles. The van der Waals surface area contributed by atoms with Gasteiger partial charge in [0.15, 0.2) is 11.5 Å². The molecule has 0 spiro atoms. The van der Waals surface area contributed by atoms with Gasteiger partial charge < -0.3 is 23.8 Å². The fraction of sp³-hybridized carbons (Fsp3) is 0.350. The molecule has 0 heterocycles. The van der Waals surface area contributed by atoms with E-state index in [-0.39, 0.29) is 5.91 Å². The van der Waals surface area contributed by atoms with E-state index < -0.39 is 0 Å². The van der Waals surface area contributed by atoms with E-state index in [1.165, 1.54) is 0 Å². The Bertz CT molecular complexity index is 784. The van der Waals surface area contributed by atoms with Crippen molar-refractivity contribution in [3.8, 4) is 23.0 Å². The monoisotopic (exact) mass is 437 g/mol. The summed E-state index contributed by atoms with van der Waals surface area (Å²) in [7, 11) is 6.28. The number of amides is 1. The van der Waals surface area contributed by atoms with Crippen LogP contribution in [0.3, 0.4) is 0 Å². The quantitative estimate of drug-likeness (QED) is 0.620. The van der Waals surface area contributed by atoms with Crippen LogP contribution >= 0.6 is 15.9 Å². The van der Waals surface area contributed by atoms with Crippen LogP contribution in [-0.2, 0) is 6.54 Å². The van der Waals surface area contributed by atoms with E-state index in [1.807, 2.05) is 25.1 Å². The van der Waals surface area contributed by atoms with Gasteiger partial charge in [-0.3, -0.25) is 4.79 Å². The number of ether oxygens (including phenoxy) is 4. The Morgan fingerprint density at radius 2 is 1.44 bits per heavy atom. The van der Waals surface area contributed by atoms with Gasteiger partial charge in [-0.05, 0) is 52.7 Å². The standard InChI is InChI=1S/C20H24BrNO5/c1-6-22(12-13-7-8-15(24-2)16(9-13)25-3)20(23)14-10-17(26-4)19(21)18(11-14)27-5/h7-11H,6,12H2,1-5H3. The van der Waals surface area contributed by atoms with Gasteiger partial charge in [0.2, 0.25) is 0 Å². The summed E-state index contributed by atoms with van der Waals surface area (Å²) in [4.78, 5) is 14.8. The number of hydrogen-bond acceptors (Lipinski definition) is 5. The second-order valence-electron chi connectivity index (χ2n) is 5.70. The first-order valence-corrected chi connectivity index (χ1v) is 9.20. The zero-order valence-corrected chi connectivity index (χ0v) is 17.8. The summed E-state index contributed by atoms with van der Waals surface area (Å²) in [6, 6.07) is 9.02. The Kier molecular flexibility index (Phi) is 7.36. The Hall–Kier alpha value is -2.41. The molecule has 7 heteroatoms. The lowest BCUT2D eigenvalue weighted by molar-refractivity contribution is 0.0751. The third kappa shape index (κ3) is 4.66. The van der Waals surface area contributed by atoms with Crippen LogP contribution in [0.5, 0.6) is 23.0 Å².